The molecule has 0 saturated carbocycles. The standard InChI is InChI=1S/C9H14N8O2S/c1-20(18,19)5-3-12-7-13-8(16-10)15-9(14-7)17-4-2-11-6-17/h2,4,6H,3,5,10H2,1H3,(H2,12,13,14,15,16). The van der Waals surface area contributed by atoms with Crippen molar-refractivity contribution in [1.82, 2.24) is 24.5 Å². The maximum atomic E-state index is 11.1. The Morgan fingerprint density at radius 1 is 1.30 bits per heavy atom. The van der Waals surface area contributed by atoms with Gasteiger partial charge in [-0.1, -0.05) is 0 Å². The number of hydrogen-bond donors (Lipinski definition) is 3. The molecular weight excluding hydrogens is 284 g/mol. The topological polar surface area (TPSA) is 141 Å². The Morgan fingerprint density at radius 3 is 2.65 bits per heavy atom. The Bertz CT molecular complexity index is 669. The fourth-order valence-electron chi connectivity index (χ4n) is 1.35. The van der Waals surface area contributed by atoms with E-state index in [2.05, 4.69) is 30.7 Å². The summed E-state index contributed by atoms with van der Waals surface area (Å²) in [6, 6.07) is 0. The highest BCUT2D eigenvalue weighted by atomic mass is 32.2. The second kappa shape index (κ2) is 5.79. The van der Waals surface area contributed by atoms with Crippen LogP contribution < -0.4 is 16.6 Å². The van der Waals surface area contributed by atoms with Crippen molar-refractivity contribution in [1.29, 1.82) is 0 Å². The number of nitrogens with two attached hydrogens (primary N) is 1. The second-order valence-corrected chi connectivity index (χ2v) is 6.21. The molecular formula is C9H14N8O2S. The van der Waals surface area contributed by atoms with Crippen LogP contribution in [0.2, 0.25) is 0 Å². The van der Waals surface area contributed by atoms with Crippen LogP contribution in [-0.4, -0.2) is 51.5 Å². The summed E-state index contributed by atoms with van der Waals surface area (Å²) in [5, 5.41) is 2.81. The van der Waals surface area contributed by atoms with Crippen LogP contribution in [-0.2, 0) is 9.84 Å². The number of nitrogens with zero attached hydrogens (tertiary/aromatic N) is 5. The van der Waals surface area contributed by atoms with Gasteiger partial charge in [-0.15, -0.1) is 0 Å². The van der Waals surface area contributed by atoms with Gasteiger partial charge in [-0.25, -0.2) is 19.2 Å². The summed E-state index contributed by atoms with van der Waals surface area (Å²) in [6.45, 7) is 0.191. The molecule has 4 N–H and O–H groups in total. The predicted molar refractivity (Wildman–Crippen MR) is 73.0 cm³/mol. The summed E-state index contributed by atoms with van der Waals surface area (Å²) in [7, 11) is -3.05. The van der Waals surface area contributed by atoms with Crippen LogP contribution >= 0.6 is 0 Å². The quantitative estimate of drug-likeness (QED) is 0.443. The maximum absolute atomic E-state index is 11.1. The molecule has 0 aromatic carbocycles. The summed E-state index contributed by atoms with van der Waals surface area (Å²) in [4.78, 5) is 16.1. The van der Waals surface area contributed by atoms with Crippen molar-refractivity contribution in [3.8, 4) is 5.95 Å². The minimum absolute atomic E-state index is 0.0233. The van der Waals surface area contributed by atoms with Gasteiger partial charge in [0.05, 0.1) is 5.75 Å². The molecule has 0 saturated heterocycles. The van der Waals surface area contributed by atoms with Crippen molar-refractivity contribution in [3.05, 3.63) is 18.7 Å². The number of hydrogen-bond acceptors (Lipinski definition) is 9. The number of hydrazine groups is 1. The van der Waals surface area contributed by atoms with Gasteiger partial charge in [0.15, 0.2) is 0 Å². The Kier molecular flexibility index (Phi) is 4.10. The molecule has 20 heavy (non-hydrogen) atoms. The van der Waals surface area contributed by atoms with E-state index in [0.29, 0.717) is 5.95 Å². The van der Waals surface area contributed by atoms with E-state index in [0.717, 1.165) is 6.26 Å². The summed E-state index contributed by atoms with van der Waals surface area (Å²) in [5.74, 6) is 5.96. The van der Waals surface area contributed by atoms with Crippen LogP contribution in [0.5, 0.6) is 0 Å². The van der Waals surface area contributed by atoms with E-state index >= 15 is 0 Å². The molecule has 10 nitrogen and oxygen atoms in total. The van der Waals surface area contributed by atoms with E-state index in [9.17, 15) is 8.42 Å². The first-order valence-corrected chi connectivity index (χ1v) is 7.66. The molecule has 0 spiro atoms. The maximum Gasteiger partial charge on any atom is 0.243 e. The molecule has 0 bridgehead atoms. The lowest BCUT2D eigenvalue weighted by Gasteiger charge is -2.08. The monoisotopic (exact) mass is 298 g/mol. The fourth-order valence-corrected chi connectivity index (χ4v) is 1.82. The zero-order valence-corrected chi connectivity index (χ0v) is 11.5. The molecule has 0 amide bonds. The third kappa shape index (κ3) is 3.86. The SMILES string of the molecule is CS(=O)(=O)CCNc1nc(NN)nc(-n2ccnc2)n1. The Morgan fingerprint density at radius 2 is 2.05 bits per heavy atom. The van der Waals surface area contributed by atoms with Crippen LogP contribution in [0.15, 0.2) is 18.7 Å². The molecule has 2 rings (SSSR count). The largest absolute Gasteiger partial charge is 0.353 e. The Labute approximate surface area is 115 Å². The van der Waals surface area contributed by atoms with E-state index in [4.69, 9.17) is 5.84 Å². The molecule has 0 aliphatic carbocycles. The Hall–Kier alpha value is -2.27. The average Bonchev–Trinajstić information content (AvgIpc) is 2.90. The molecule has 0 unspecified atom stereocenters. The minimum Gasteiger partial charge on any atom is -0.353 e. The summed E-state index contributed by atoms with van der Waals surface area (Å²) in [6.07, 6.45) is 5.92. The lowest BCUT2D eigenvalue weighted by atomic mass is 10.7. The lowest BCUT2D eigenvalue weighted by molar-refractivity contribution is 0.602. The van der Waals surface area contributed by atoms with E-state index < -0.39 is 9.84 Å². The van der Waals surface area contributed by atoms with Crippen LogP contribution in [0.4, 0.5) is 11.9 Å². The average molecular weight is 298 g/mol. The zero-order chi connectivity index (χ0) is 14.6. The second-order valence-electron chi connectivity index (χ2n) is 3.95. The van der Waals surface area contributed by atoms with Gasteiger partial charge in [-0.05, 0) is 0 Å². The van der Waals surface area contributed by atoms with Gasteiger partial charge in [-0.3, -0.25) is 9.99 Å². The van der Waals surface area contributed by atoms with Gasteiger partial charge in [0.2, 0.25) is 17.8 Å². The van der Waals surface area contributed by atoms with E-state index in [1.165, 1.54) is 6.33 Å². The van der Waals surface area contributed by atoms with Crippen molar-refractivity contribution in [2.45, 2.75) is 0 Å². The van der Waals surface area contributed by atoms with Crippen molar-refractivity contribution in [2.24, 2.45) is 5.84 Å². The number of rotatable bonds is 6. The summed E-state index contributed by atoms with van der Waals surface area (Å²) < 4.78 is 23.7. The number of nitrogens with one attached hydrogen (secondary N) is 2. The van der Waals surface area contributed by atoms with Gasteiger partial charge in [0.1, 0.15) is 16.2 Å². The van der Waals surface area contributed by atoms with Crippen molar-refractivity contribution < 1.29 is 8.42 Å². The molecule has 2 aromatic heterocycles. The molecule has 2 heterocycles. The van der Waals surface area contributed by atoms with Crippen molar-refractivity contribution in [2.75, 3.05) is 29.3 Å². The van der Waals surface area contributed by atoms with Gasteiger partial charge < -0.3 is 5.32 Å². The number of nitrogen functional groups attached to an aromatic ring is 1. The first kappa shape index (κ1) is 14.1. The predicted octanol–water partition coefficient (Wildman–Crippen LogP) is -1.20. The molecule has 0 aliphatic rings. The van der Waals surface area contributed by atoms with Crippen molar-refractivity contribution >= 4 is 21.7 Å². The van der Waals surface area contributed by atoms with Crippen LogP contribution in [0.1, 0.15) is 0 Å². The van der Waals surface area contributed by atoms with E-state index in [1.54, 1.807) is 17.0 Å². The van der Waals surface area contributed by atoms with Gasteiger partial charge >= 0.3 is 0 Å². The van der Waals surface area contributed by atoms with Crippen LogP contribution in [0.3, 0.4) is 0 Å². The number of aromatic nitrogens is 5. The van der Waals surface area contributed by atoms with Crippen LogP contribution in [0.25, 0.3) is 5.95 Å². The first-order valence-electron chi connectivity index (χ1n) is 5.60. The third-order valence-electron chi connectivity index (χ3n) is 2.24. The van der Waals surface area contributed by atoms with Gasteiger partial charge in [0.25, 0.3) is 0 Å². The minimum atomic E-state index is -3.05. The van der Waals surface area contributed by atoms with E-state index in [-0.39, 0.29) is 24.2 Å². The smallest absolute Gasteiger partial charge is 0.243 e. The number of anilines is 2. The molecule has 108 valence electrons. The lowest BCUT2D eigenvalue weighted by Crippen LogP contribution is -2.18. The highest BCUT2D eigenvalue weighted by molar-refractivity contribution is 7.90. The van der Waals surface area contributed by atoms with Gasteiger partial charge in [-0.2, -0.15) is 15.0 Å². The molecule has 0 fully saturated rings. The molecule has 11 heteroatoms. The molecule has 0 atom stereocenters. The summed E-state index contributed by atoms with van der Waals surface area (Å²) >= 11 is 0. The summed E-state index contributed by atoms with van der Waals surface area (Å²) in [5.41, 5.74) is 2.32. The first-order chi connectivity index (χ1) is 9.48. The normalized spacial score (nSPS) is 11.3. The highest BCUT2D eigenvalue weighted by Crippen LogP contribution is 2.08. The zero-order valence-electron chi connectivity index (χ0n) is 10.7. The molecule has 0 aliphatic heterocycles. The fraction of sp³-hybridized carbons (Fsp3) is 0.333. The van der Waals surface area contributed by atoms with Crippen LogP contribution in [0, 0.1) is 0 Å². The van der Waals surface area contributed by atoms with E-state index in [1.807, 2.05) is 0 Å². The highest BCUT2D eigenvalue weighted by Gasteiger charge is 2.08. The molecule has 2 aromatic rings. The molecule has 0 radical (unpaired) electrons. The van der Waals surface area contributed by atoms with Crippen molar-refractivity contribution in [3.63, 3.8) is 0 Å². The number of imidazole rings is 1. The van der Waals surface area contributed by atoms with Gasteiger partial charge in [0, 0.05) is 25.2 Å². The third-order valence-corrected chi connectivity index (χ3v) is 3.19. The number of sulfone groups is 1. The Balaban J connectivity index is 2.18.